The molecule has 0 unspecified atom stereocenters. The Morgan fingerprint density at radius 2 is 1.95 bits per heavy atom. The molecule has 0 atom stereocenters. The highest BCUT2D eigenvalue weighted by molar-refractivity contribution is 9.10. The summed E-state index contributed by atoms with van der Waals surface area (Å²) in [7, 11) is 1.74. The van der Waals surface area contributed by atoms with Crippen LogP contribution in [0.25, 0.3) is 0 Å². The molecule has 2 rings (SSSR count). The molecule has 0 fully saturated rings. The third-order valence-corrected chi connectivity index (χ3v) is 4.01. The lowest BCUT2D eigenvalue weighted by molar-refractivity contribution is 0.0772. The first-order valence-corrected chi connectivity index (χ1v) is 7.91. The molecule has 110 valence electrons. The van der Waals surface area contributed by atoms with Gasteiger partial charge in [-0.25, -0.2) is 4.98 Å². The van der Waals surface area contributed by atoms with E-state index >= 15 is 0 Å². The van der Waals surface area contributed by atoms with Gasteiger partial charge < -0.3 is 9.64 Å². The van der Waals surface area contributed by atoms with Crippen molar-refractivity contribution in [2.45, 2.75) is 0 Å². The van der Waals surface area contributed by atoms with E-state index in [1.807, 2.05) is 24.3 Å². The molecule has 0 aliphatic carbocycles. The van der Waals surface area contributed by atoms with Gasteiger partial charge in [-0.3, -0.25) is 4.79 Å². The normalized spacial score (nSPS) is 10.2. The van der Waals surface area contributed by atoms with E-state index in [2.05, 4.69) is 36.8 Å². The molecule has 1 aromatic heterocycles. The zero-order valence-corrected chi connectivity index (χ0v) is 14.6. The van der Waals surface area contributed by atoms with E-state index in [4.69, 9.17) is 4.74 Å². The number of hydrogen-bond donors (Lipinski definition) is 0. The van der Waals surface area contributed by atoms with Crippen molar-refractivity contribution in [2.75, 3.05) is 20.2 Å². The molecule has 0 N–H and O–H groups in total. The third-order valence-electron chi connectivity index (χ3n) is 2.85. The highest BCUT2D eigenvalue weighted by atomic mass is 79.9. The van der Waals surface area contributed by atoms with E-state index in [0.717, 1.165) is 10.2 Å². The summed E-state index contributed by atoms with van der Waals surface area (Å²) in [5, 5.41) is 0. The van der Waals surface area contributed by atoms with Crippen LogP contribution >= 0.6 is 31.9 Å². The van der Waals surface area contributed by atoms with Crippen LogP contribution in [-0.4, -0.2) is 36.0 Å². The van der Waals surface area contributed by atoms with Crippen molar-refractivity contribution in [1.82, 2.24) is 9.88 Å². The maximum absolute atomic E-state index is 12.2. The number of likely N-dealkylation sites (N-methyl/N-ethyl adjacent to an activating group) is 1. The smallest absolute Gasteiger partial charge is 0.256 e. The van der Waals surface area contributed by atoms with Gasteiger partial charge >= 0.3 is 0 Å². The Kier molecular flexibility index (Phi) is 5.76. The monoisotopic (exact) mass is 412 g/mol. The molecule has 0 bridgehead atoms. The molecule has 2 aromatic rings. The fourth-order valence-corrected chi connectivity index (χ4v) is 2.37. The predicted molar refractivity (Wildman–Crippen MR) is 88.5 cm³/mol. The zero-order valence-electron chi connectivity index (χ0n) is 11.4. The second kappa shape index (κ2) is 7.56. The van der Waals surface area contributed by atoms with Gasteiger partial charge in [-0.05, 0) is 52.3 Å². The van der Waals surface area contributed by atoms with Crippen LogP contribution in [0.15, 0.2) is 51.7 Å². The number of amides is 1. The molecule has 6 heteroatoms. The summed E-state index contributed by atoms with van der Waals surface area (Å²) in [4.78, 5) is 17.9. The first-order valence-electron chi connectivity index (χ1n) is 6.32. The minimum Gasteiger partial charge on any atom is -0.492 e. The molecule has 0 spiro atoms. The van der Waals surface area contributed by atoms with Crippen LogP contribution in [0.1, 0.15) is 10.4 Å². The van der Waals surface area contributed by atoms with Crippen LogP contribution in [0.5, 0.6) is 5.75 Å². The minimum atomic E-state index is -0.0885. The second-order valence-corrected chi connectivity index (χ2v) is 6.04. The Labute approximate surface area is 140 Å². The molecule has 0 saturated carbocycles. The van der Waals surface area contributed by atoms with Gasteiger partial charge in [0.1, 0.15) is 17.0 Å². The minimum absolute atomic E-state index is 0.0885. The van der Waals surface area contributed by atoms with Crippen molar-refractivity contribution in [2.24, 2.45) is 0 Å². The number of halogens is 2. The lowest BCUT2D eigenvalue weighted by Crippen LogP contribution is -2.31. The first kappa shape index (κ1) is 16.0. The lowest BCUT2D eigenvalue weighted by atomic mass is 10.2. The summed E-state index contributed by atoms with van der Waals surface area (Å²) in [6.07, 6.45) is 1.64. The van der Waals surface area contributed by atoms with Gasteiger partial charge in [0.2, 0.25) is 0 Å². The number of benzene rings is 1. The highest BCUT2D eigenvalue weighted by Gasteiger charge is 2.14. The van der Waals surface area contributed by atoms with Crippen LogP contribution in [0.2, 0.25) is 0 Å². The van der Waals surface area contributed by atoms with Gasteiger partial charge in [0.25, 0.3) is 5.91 Å². The van der Waals surface area contributed by atoms with Crippen LogP contribution in [-0.2, 0) is 0 Å². The molecule has 0 saturated heterocycles. The summed E-state index contributed by atoms with van der Waals surface area (Å²) in [6, 6.07) is 11.1. The topological polar surface area (TPSA) is 42.4 Å². The van der Waals surface area contributed by atoms with Gasteiger partial charge in [-0.15, -0.1) is 0 Å². The van der Waals surface area contributed by atoms with E-state index in [-0.39, 0.29) is 5.91 Å². The van der Waals surface area contributed by atoms with Gasteiger partial charge in [-0.1, -0.05) is 15.9 Å². The van der Waals surface area contributed by atoms with E-state index in [1.165, 1.54) is 0 Å². The zero-order chi connectivity index (χ0) is 15.2. The summed E-state index contributed by atoms with van der Waals surface area (Å²) < 4.78 is 7.16. The number of carbonyl (C=O) groups is 1. The largest absolute Gasteiger partial charge is 0.492 e. The van der Waals surface area contributed by atoms with Crippen LogP contribution in [0.3, 0.4) is 0 Å². The number of nitrogens with zero attached hydrogens (tertiary/aromatic N) is 2. The number of ether oxygens (including phenoxy) is 1. The second-order valence-electron chi connectivity index (χ2n) is 4.37. The number of rotatable bonds is 5. The number of aromatic nitrogens is 1. The SMILES string of the molecule is CN(CCOc1ccc(Br)cc1)C(=O)c1cccnc1Br. The van der Waals surface area contributed by atoms with Gasteiger partial charge in [-0.2, -0.15) is 0 Å². The summed E-state index contributed by atoms with van der Waals surface area (Å²) >= 11 is 6.65. The summed E-state index contributed by atoms with van der Waals surface area (Å²) in [6.45, 7) is 0.929. The van der Waals surface area contributed by atoms with Crippen molar-refractivity contribution in [3.05, 3.63) is 57.2 Å². The fourth-order valence-electron chi connectivity index (χ4n) is 1.68. The van der Waals surface area contributed by atoms with E-state index < -0.39 is 0 Å². The Morgan fingerprint density at radius 3 is 2.62 bits per heavy atom. The molecule has 0 aliphatic heterocycles. The van der Waals surface area contributed by atoms with Gasteiger partial charge in [0.05, 0.1) is 12.1 Å². The molecule has 1 aromatic carbocycles. The lowest BCUT2D eigenvalue weighted by Gasteiger charge is -2.18. The van der Waals surface area contributed by atoms with Gasteiger partial charge in [0, 0.05) is 17.7 Å². The Bertz CT molecular complexity index is 617. The van der Waals surface area contributed by atoms with Gasteiger partial charge in [0.15, 0.2) is 0 Å². The summed E-state index contributed by atoms with van der Waals surface area (Å²) in [5.74, 6) is 0.691. The number of carbonyl (C=O) groups excluding carboxylic acids is 1. The third kappa shape index (κ3) is 4.54. The number of hydrogen-bond acceptors (Lipinski definition) is 3. The molecule has 21 heavy (non-hydrogen) atoms. The maximum atomic E-state index is 12.2. The fraction of sp³-hybridized carbons (Fsp3) is 0.200. The van der Waals surface area contributed by atoms with Crippen LogP contribution < -0.4 is 4.74 Å². The van der Waals surface area contributed by atoms with Crippen LogP contribution in [0.4, 0.5) is 0 Å². The Morgan fingerprint density at radius 1 is 1.24 bits per heavy atom. The Hall–Kier alpha value is -1.40. The van der Waals surface area contributed by atoms with Crippen molar-refractivity contribution in [1.29, 1.82) is 0 Å². The standard InChI is InChI=1S/C15H14Br2N2O2/c1-19(15(20)13-3-2-8-18-14(13)17)9-10-21-12-6-4-11(16)5-7-12/h2-8H,9-10H2,1H3. The average Bonchev–Trinajstić information content (AvgIpc) is 2.49. The molecule has 0 radical (unpaired) electrons. The van der Waals surface area contributed by atoms with Crippen molar-refractivity contribution in [3.8, 4) is 5.75 Å². The molecule has 1 amide bonds. The Balaban J connectivity index is 1.87. The van der Waals surface area contributed by atoms with E-state index in [0.29, 0.717) is 23.3 Å². The van der Waals surface area contributed by atoms with E-state index in [9.17, 15) is 4.79 Å². The van der Waals surface area contributed by atoms with Crippen molar-refractivity contribution in [3.63, 3.8) is 0 Å². The van der Waals surface area contributed by atoms with E-state index in [1.54, 1.807) is 30.3 Å². The number of pyridine rings is 1. The molecule has 1 heterocycles. The van der Waals surface area contributed by atoms with Crippen LogP contribution in [0, 0.1) is 0 Å². The predicted octanol–water partition coefficient (Wildman–Crippen LogP) is 3.76. The summed E-state index contributed by atoms with van der Waals surface area (Å²) in [5.41, 5.74) is 0.545. The molecule has 0 aliphatic rings. The molecule has 4 nitrogen and oxygen atoms in total. The maximum Gasteiger partial charge on any atom is 0.256 e. The molecular formula is C15H14Br2N2O2. The molecular weight excluding hydrogens is 400 g/mol. The first-order chi connectivity index (χ1) is 10.1. The highest BCUT2D eigenvalue weighted by Crippen LogP contribution is 2.17. The van der Waals surface area contributed by atoms with Crippen molar-refractivity contribution < 1.29 is 9.53 Å². The quantitative estimate of drug-likeness (QED) is 0.701. The van der Waals surface area contributed by atoms with Crippen molar-refractivity contribution >= 4 is 37.8 Å². The average molecular weight is 414 g/mol.